The number of rotatable bonds is 8. The third-order valence-corrected chi connectivity index (χ3v) is 4.83. The molecular weight excluding hydrogens is 390 g/mol. The van der Waals surface area contributed by atoms with Crippen LogP contribution >= 0.6 is 0 Å². The Morgan fingerprint density at radius 3 is 2.65 bits per heavy atom. The van der Waals surface area contributed by atoms with Crippen molar-refractivity contribution in [3.05, 3.63) is 78.4 Å². The molecule has 0 spiro atoms. The van der Waals surface area contributed by atoms with E-state index in [1.165, 1.54) is 0 Å². The highest BCUT2D eigenvalue weighted by Gasteiger charge is 2.16. The Morgan fingerprint density at radius 1 is 1.03 bits per heavy atom. The van der Waals surface area contributed by atoms with Gasteiger partial charge in [0.05, 0.1) is 12.2 Å². The van der Waals surface area contributed by atoms with Gasteiger partial charge < -0.3 is 19.9 Å². The minimum Gasteiger partial charge on any atom is -0.493 e. The van der Waals surface area contributed by atoms with Crippen molar-refractivity contribution in [2.75, 3.05) is 25.0 Å². The average molecular weight is 415 g/mol. The van der Waals surface area contributed by atoms with E-state index in [0.717, 1.165) is 16.6 Å². The van der Waals surface area contributed by atoms with E-state index in [2.05, 4.69) is 20.6 Å². The Bertz CT molecular complexity index is 1190. The molecule has 2 N–H and O–H groups in total. The Balaban J connectivity index is 1.43. The van der Waals surface area contributed by atoms with E-state index in [9.17, 15) is 4.79 Å². The number of aryl methyl sites for hydroxylation is 1. The van der Waals surface area contributed by atoms with Gasteiger partial charge in [-0.05, 0) is 42.8 Å². The maximum atomic E-state index is 13.0. The molecule has 0 saturated heterocycles. The second kappa shape index (κ2) is 9.30. The second-order valence-corrected chi connectivity index (χ2v) is 7.02. The van der Waals surface area contributed by atoms with Crippen molar-refractivity contribution in [1.29, 1.82) is 0 Å². The standard InChI is InChI=1S/C24H25N5O2/c1-3-31-20-11-10-18-8-4-5-9-19(18)23(20)24(30)26-13-12-25-21-16-22(28-17(2)27-21)29-14-6-7-15-29/h4-11,14-16H,3,12-13H2,1-2H3,(H,26,30)(H,25,27,28). The smallest absolute Gasteiger partial charge is 0.255 e. The lowest BCUT2D eigenvalue weighted by Crippen LogP contribution is -2.29. The number of ether oxygens (including phenoxy) is 1. The van der Waals surface area contributed by atoms with E-state index in [0.29, 0.717) is 42.7 Å². The zero-order valence-electron chi connectivity index (χ0n) is 17.6. The first-order valence-corrected chi connectivity index (χ1v) is 10.3. The first-order valence-electron chi connectivity index (χ1n) is 10.3. The van der Waals surface area contributed by atoms with Crippen LogP contribution in [0, 0.1) is 6.92 Å². The molecule has 2 aromatic heterocycles. The molecule has 4 aromatic rings. The number of hydrogen-bond acceptors (Lipinski definition) is 5. The van der Waals surface area contributed by atoms with Crippen molar-refractivity contribution in [3.8, 4) is 11.6 Å². The van der Waals surface area contributed by atoms with E-state index in [4.69, 9.17) is 4.74 Å². The SMILES string of the molecule is CCOc1ccc2ccccc2c1C(=O)NCCNc1cc(-n2cccc2)nc(C)n1. The number of fused-ring (bicyclic) bond motifs is 1. The predicted molar refractivity (Wildman–Crippen MR) is 122 cm³/mol. The number of benzene rings is 2. The molecule has 1 amide bonds. The lowest BCUT2D eigenvalue weighted by atomic mass is 10.0. The summed E-state index contributed by atoms with van der Waals surface area (Å²) in [5, 5.41) is 8.13. The summed E-state index contributed by atoms with van der Waals surface area (Å²) < 4.78 is 7.64. The van der Waals surface area contributed by atoms with Crippen molar-refractivity contribution < 1.29 is 9.53 Å². The van der Waals surface area contributed by atoms with Crippen LogP contribution in [-0.2, 0) is 0 Å². The number of carbonyl (C=O) groups excluding carboxylic acids is 1. The number of anilines is 1. The molecule has 0 aliphatic carbocycles. The van der Waals surface area contributed by atoms with E-state index < -0.39 is 0 Å². The zero-order valence-corrected chi connectivity index (χ0v) is 17.6. The average Bonchev–Trinajstić information content (AvgIpc) is 3.31. The van der Waals surface area contributed by atoms with Crippen LogP contribution < -0.4 is 15.4 Å². The van der Waals surface area contributed by atoms with Gasteiger partial charge in [0.2, 0.25) is 0 Å². The van der Waals surface area contributed by atoms with Crippen molar-refractivity contribution in [2.45, 2.75) is 13.8 Å². The number of amides is 1. The van der Waals surface area contributed by atoms with Crippen molar-refractivity contribution in [3.63, 3.8) is 0 Å². The molecule has 0 unspecified atom stereocenters. The third kappa shape index (κ3) is 4.66. The second-order valence-electron chi connectivity index (χ2n) is 7.02. The summed E-state index contributed by atoms with van der Waals surface area (Å²) in [6.07, 6.45) is 3.87. The summed E-state index contributed by atoms with van der Waals surface area (Å²) in [5.74, 6) is 2.62. The molecule has 0 bridgehead atoms. The number of aromatic nitrogens is 3. The Morgan fingerprint density at radius 2 is 1.84 bits per heavy atom. The van der Waals surface area contributed by atoms with Crippen LogP contribution in [0.25, 0.3) is 16.6 Å². The van der Waals surface area contributed by atoms with Gasteiger partial charge in [-0.25, -0.2) is 9.97 Å². The molecule has 2 aromatic carbocycles. The summed E-state index contributed by atoms with van der Waals surface area (Å²) in [7, 11) is 0. The molecule has 7 heteroatoms. The van der Waals surface area contributed by atoms with Gasteiger partial charge in [0.1, 0.15) is 23.2 Å². The fourth-order valence-electron chi connectivity index (χ4n) is 3.48. The molecule has 0 fully saturated rings. The molecule has 0 radical (unpaired) electrons. The van der Waals surface area contributed by atoms with Gasteiger partial charge in [0, 0.05) is 31.5 Å². The van der Waals surface area contributed by atoms with E-state index in [-0.39, 0.29) is 5.91 Å². The monoisotopic (exact) mass is 415 g/mol. The molecule has 0 aliphatic rings. The van der Waals surface area contributed by atoms with Crippen molar-refractivity contribution in [2.24, 2.45) is 0 Å². The van der Waals surface area contributed by atoms with E-state index in [1.807, 2.05) is 85.4 Å². The van der Waals surface area contributed by atoms with Gasteiger partial charge in [-0.2, -0.15) is 0 Å². The summed E-state index contributed by atoms with van der Waals surface area (Å²) in [6, 6.07) is 17.4. The molecular formula is C24H25N5O2. The number of nitrogens with zero attached hydrogens (tertiary/aromatic N) is 3. The van der Waals surface area contributed by atoms with Gasteiger partial charge >= 0.3 is 0 Å². The van der Waals surface area contributed by atoms with E-state index in [1.54, 1.807) is 0 Å². The molecule has 7 nitrogen and oxygen atoms in total. The largest absolute Gasteiger partial charge is 0.493 e. The molecule has 0 aliphatic heterocycles. The Kier molecular flexibility index (Phi) is 6.12. The summed E-state index contributed by atoms with van der Waals surface area (Å²) in [4.78, 5) is 21.9. The van der Waals surface area contributed by atoms with Crippen LogP contribution in [0.5, 0.6) is 5.75 Å². The number of carbonyl (C=O) groups is 1. The fourth-order valence-corrected chi connectivity index (χ4v) is 3.48. The number of hydrogen-bond donors (Lipinski definition) is 2. The minimum atomic E-state index is -0.158. The molecule has 0 atom stereocenters. The van der Waals surface area contributed by atoms with Gasteiger partial charge in [-0.3, -0.25) is 4.79 Å². The summed E-state index contributed by atoms with van der Waals surface area (Å²) in [5.41, 5.74) is 0.563. The quantitative estimate of drug-likeness (QED) is 0.426. The topological polar surface area (TPSA) is 81.1 Å². The Labute approximate surface area is 181 Å². The highest BCUT2D eigenvalue weighted by molar-refractivity contribution is 6.09. The molecule has 2 heterocycles. The minimum absolute atomic E-state index is 0.158. The lowest BCUT2D eigenvalue weighted by Gasteiger charge is -2.14. The van der Waals surface area contributed by atoms with Crippen LogP contribution in [-0.4, -0.2) is 40.1 Å². The highest BCUT2D eigenvalue weighted by atomic mass is 16.5. The van der Waals surface area contributed by atoms with Crippen LogP contribution in [0.2, 0.25) is 0 Å². The molecule has 158 valence electrons. The zero-order chi connectivity index (χ0) is 21.6. The van der Waals surface area contributed by atoms with E-state index >= 15 is 0 Å². The normalized spacial score (nSPS) is 10.8. The maximum Gasteiger partial charge on any atom is 0.255 e. The third-order valence-electron chi connectivity index (χ3n) is 4.83. The summed E-state index contributed by atoms with van der Waals surface area (Å²) in [6.45, 7) is 5.23. The highest BCUT2D eigenvalue weighted by Crippen LogP contribution is 2.28. The maximum absolute atomic E-state index is 13.0. The lowest BCUT2D eigenvalue weighted by molar-refractivity contribution is 0.0953. The van der Waals surface area contributed by atoms with Crippen LogP contribution in [0.1, 0.15) is 23.1 Å². The predicted octanol–water partition coefficient (Wildman–Crippen LogP) is 3.97. The summed E-state index contributed by atoms with van der Waals surface area (Å²) >= 11 is 0. The molecule has 31 heavy (non-hydrogen) atoms. The Hall–Kier alpha value is -3.87. The number of nitrogens with one attached hydrogen (secondary N) is 2. The van der Waals surface area contributed by atoms with Crippen molar-refractivity contribution in [1.82, 2.24) is 19.9 Å². The van der Waals surface area contributed by atoms with Gasteiger partial charge in [-0.1, -0.05) is 30.3 Å². The van der Waals surface area contributed by atoms with Gasteiger partial charge in [0.25, 0.3) is 5.91 Å². The molecule has 4 rings (SSSR count). The van der Waals surface area contributed by atoms with Crippen LogP contribution in [0.4, 0.5) is 5.82 Å². The van der Waals surface area contributed by atoms with Crippen LogP contribution in [0.15, 0.2) is 67.0 Å². The molecule has 0 saturated carbocycles. The van der Waals surface area contributed by atoms with Crippen molar-refractivity contribution >= 4 is 22.5 Å². The fraction of sp³-hybridized carbons (Fsp3) is 0.208. The van der Waals surface area contributed by atoms with Gasteiger partial charge in [0.15, 0.2) is 0 Å². The first-order chi connectivity index (χ1) is 15.2. The van der Waals surface area contributed by atoms with Gasteiger partial charge in [-0.15, -0.1) is 0 Å². The van der Waals surface area contributed by atoms with Crippen LogP contribution in [0.3, 0.4) is 0 Å². The first kappa shape index (κ1) is 20.4.